The Morgan fingerprint density at radius 3 is 2.34 bits per heavy atom. The van der Waals surface area contributed by atoms with Crippen LogP contribution in [0, 0.1) is 0 Å². The largest absolute Gasteiger partial charge is 0.459 e. The van der Waals surface area contributed by atoms with Crippen LogP contribution < -0.4 is 5.32 Å². The Morgan fingerprint density at radius 2 is 1.69 bits per heavy atom. The van der Waals surface area contributed by atoms with Gasteiger partial charge >= 0.3 is 0 Å². The summed E-state index contributed by atoms with van der Waals surface area (Å²) in [6, 6.07) is 19.8. The molecule has 29 heavy (non-hydrogen) atoms. The molecule has 6 nitrogen and oxygen atoms in total. The van der Waals surface area contributed by atoms with Crippen molar-refractivity contribution >= 4 is 15.7 Å². The molecule has 0 fully saturated rings. The van der Waals surface area contributed by atoms with Gasteiger partial charge in [0.15, 0.2) is 5.76 Å². The molecule has 0 saturated carbocycles. The molecule has 4 rings (SSSR count). The second-order valence-electron chi connectivity index (χ2n) is 6.47. The molecule has 0 radical (unpaired) electrons. The van der Waals surface area contributed by atoms with E-state index >= 15 is 0 Å². The van der Waals surface area contributed by atoms with Gasteiger partial charge in [0.2, 0.25) is 20.7 Å². The van der Waals surface area contributed by atoms with Crippen LogP contribution in [0.4, 0.5) is 5.88 Å². The molecule has 0 amide bonds. The van der Waals surface area contributed by atoms with Crippen molar-refractivity contribution in [2.24, 2.45) is 0 Å². The molecule has 2 aromatic heterocycles. The van der Waals surface area contributed by atoms with E-state index in [1.165, 1.54) is 6.26 Å². The average Bonchev–Trinajstić information content (AvgIpc) is 3.43. The quantitative estimate of drug-likeness (QED) is 0.466. The molecule has 7 heteroatoms. The Kier molecular flexibility index (Phi) is 5.22. The molecule has 148 valence electrons. The molecule has 1 N–H and O–H groups in total. The molecule has 0 unspecified atom stereocenters. The minimum atomic E-state index is -3.88. The van der Waals surface area contributed by atoms with Gasteiger partial charge in [0, 0.05) is 6.54 Å². The minimum absolute atomic E-state index is 0.0832. The van der Waals surface area contributed by atoms with Gasteiger partial charge in [-0.1, -0.05) is 49.4 Å². The maximum Gasteiger partial charge on any atom is 0.266 e. The third-order valence-electron chi connectivity index (χ3n) is 4.52. The average molecular weight is 408 g/mol. The van der Waals surface area contributed by atoms with E-state index in [9.17, 15) is 8.42 Å². The topological polar surface area (TPSA) is 85.3 Å². The zero-order chi connectivity index (χ0) is 20.3. The number of sulfone groups is 1. The summed E-state index contributed by atoms with van der Waals surface area (Å²) in [4.78, 5) is 4.41. The van der Waals surface area contributed by atoms with Crippen LogP contribution in [-0.2, 0) is 22.8 Å². The van der Waals surface area contributed by atoms with E-state index in [2.05, 4.69) is 10.3 Å². The van der Waals surface area contributed by atoms with Crippen molar-refractivity contribution in [3.05, 3.63) is 84.1 Å². The molecule has 4 aromatic rings. The molecular weight excluding hydrogens is 388 g/mol. The molecule has 0 atom stereocenters. The normalized spacial score (nSPS) is 11.5. The number of aryl methyl sites for hydroxylation is 1. The standard InChI is InChI=1S/C22H20N2O4S/c1-2-16-10-12-18(13-11-16)29(25,26)22-21(23-15-17-7-4-3-5-8-17)28-20(24-22)19-9-6-14-27-19/h3-14,23H,2,15H2,1H3. The van der Waals surface area contributed by atoms with Gasteiger partial charge in [-0.15, -0.1) is 0 Å². The maximum absolute atomic E-state index is 13.3. The molecule has 0 bridgehead atoms. The number of benzene rings is 2. The minimum Gasteiger partial charge on any atom is -0.459 e. The summed E-state index contributed by atoms with van der Waals surface area (Å²) in [6.07, 6.45) is 2.31. The van der Waals surface area contributed by atoms with Crippen LogP contribution in [0.25, 0.3) is 11.7 Å². The smallest absolute Gasteiger partial charge is 0.266 e. The number of anilines is 1. The van der Waals surface area contributed by atoms with E-state index in [1.54, 1.807) is 36.4 Å². The summed E-state index contributed by atoms with van der Waals surface area (Å²) in [5.41, 5.74) is 2.04. The summed E-state index contributed by atoms with van der Waals surface area (Å²) in [7, 11) is -3.88. The highest BCUT2D eigenvalue weighted by atomic mass is 32.2. The Balaban J connectivity index is 1.73. The van der Waals surface area contributed by atoms with E-state index in [0.29, 0.717) is 12.3 Å². The van der Waals surface area contributed by atoms with Gasteiger partial charge in [-0.25, -0.2) is 8.42 Å². The van der Waals surface area contributed by atoms with E-state index < -0.39 is 9.84 Å². The first-order valence-corrected chi connectivity index (χ1v) is 10.7. The Hall–Kier alpha value is -3.32. The summed E-state index contributed by atoms with van der Waals surface area (Å²) >= 11 is 0. The second-order valence-corrected chi connectivity index (χ2v) is 8.34. The van der Waals surface area contributed by atoms with Crippen molar-refractivity contribution in [3.63, 3.8) is 0 Å². The highest BCUT2D eigenvalue weighted by molar-refractivity contribution is 7.91. The van der Waals surface area contributed by atoms with Crippen molar-refractivity contribution < 1.29 is 17.3 Å². The number of hydrogen-bond donors (Lipinski definition) is 1. The SMILES string of the molecule is CCc1ccc(S(=O)(=O)c2nc(-c3ccco3)oc2NCc2ccccc2)cc1. The highest BCUT2D eigenvalue weighted by Gasteiger charge is 2.29. The summed E-state index contributed by atoms with van der Waals surface area (Å²) < 4.78 is 37.6. The van der Waals surface area contributed by atoms with E-state index in [1.807, 2.05) is 37.3 Å². The van der Waals surface area contributed by atoms with E-state index in [-0.39, 0.29) is 21.7 Å². The Labute approximate surface area is 169 Å². The van der Waals surface area contributed by atoms with Crippen molar-refractivity contribution in [2.75, 3.05) is 5.32 Å². The maximum atomic E-state index is 13.3. The lowest BCUT2D eigenvalue weighted by molar-refractivity contribution is 0.522. The Morgan fingerprint density at radius 1 is 0.931 bits per heavy atom. The summed E-state index contributed by atoms with van der Waals surface area (Å²) in [5, 5.41) is 2.90. The van der Waals surface area contributed by atoms with Crippen LogP contribution in [0.3, 0.4) is 0 Å². The van der Waals surface area contributed by atoms with E-state index in [4.69, 9.17) is 8.83 Å². The second kappa shape index (κ2) is 7.97. The van der Waals surface area contributed by atoms with Gasteiger partial charge in [-0.05, 0) is 41.8 Å². The first-order valence-electron chi connectivity index (χ1n) is 9.24. The van der Waals surface area contributed by atoms with Crippen molar-refractivity contribution in [1.29, 1.82) is 0 Å². The lowest BCUT2D eigenvalue weighted by atomic mass is 10.2. The summed E-state index contributed by atoms with van der Waals surface area (Å²) in [6.45, 7) is 2.41. The number of aromatic nitrogens is 1. The van der Waals surface area contributed by atoms with Crippen LogP contribution >= 0.6 is 0 Å². The number of hydrogen-bond acceptors (Lipinski definition) is 6. The summed E-state index contributed by atoms with van der Waals surface area (Å²) in [5.74, 6) is 0.546. The zero-order valence-electron chi connectivity index (χ0n) is 15.8. The zero-order valence-corrected chi connectivity index (χ0v) is 16.6. The molecule has 0 aliphatic heterocycles. The highest BCUT2D eigenvalue weighted by Crippen LogP contribution is 2.33. The Bertz CT molecular complexity index is 1180. The lowest BCUT2D eigenvalue weighted by Crippen LogP contribution is -2.07. The van der Waals surface area contributed by atoms with Crippen molar-refractivity contribution in [1.82, 2.24) is 4.98 Å². The third-order valence-corrected chi connectivity index (χ3v) is 6.20. The predicted molar refractivity (Wildman–Crippen MR) is 109 cm³/mol. The lowest BCUT2D eigenvalue weighted by Gasteiger charge is -2.07. The van der Waals surface area contributed by atoms with Gasteiger partial charge in [0.1, 0.15) is 0 Å². The molecule has 0 spiro atoms. The fraction of sp³-hybridized carbons (Fsp3) is 0.136. The molecule has 2 heterocycles. The molecule has 0 aliphatic rings. The fourth-order valence-corrected chi connectivity index (χ4v) is 4.18. The van der Waals surface area contributed by atoms with Crippen LogP contribution in [0.5, 0.6) is 0 Å². The van der Waals surface area contributed by atoms with E-state index in [0.717, 1.165) is 17.5 Å². The fourth-order valence-electron chi connectivity index (χ4n) is 2.90. The van der Waals surface area contributed by atoms with Gasteiger partial charge in [-0.2, -0.15) is 4.98 Å². The number of oxazole rings is 1. The van der Waals surface area contributed by atoms with Crippen LogP contribution in [0.1, 0.15) is 18.1 Å². The predicted octanol–water partition coefficient (Wildman–Crippen LogP) is 4.94. The molecule has 2 aromatic carbocycles. The van der Waals surface area contributed by atoms with Gasteiger partial charge in [-0.3, -0.25) is 0 Å². The van der Waals surface area contributed by atoms with Crippen LogP contribution in [-0.4, -0.2) is 13.4 Å². The van der Waals surface area contributed by atoms with Gasteiger partial charge in [0.25, 0.3) is 5.89 Å². The monoisotopic (exact) mass is 408 g/mol. The van der Waals surface area contributed by atoms with Crippen molar-refractivity contribution in [3.8, 4) is 11.7 Å². The van der Waals surface area contributed by atoms with Gasteiger partial charge < -0.3 is 14.2 Å². The first-order chi connectivity index (χ1) is 14.1. The van der Waals surface area contributed by atoms with Crippen molar-refractivity contribution in [2.45, 2.75) is 29.8 Å². The van der Waals surface area contributed by atoms with Gasteiger partial charge in [0.05, 0.1) is 11.2 Å². The third kappa shape index (κ3) is 3.95. The number of nitrogens with one attached hydrogen (secondary N) is 1. The first kappa shape index (κ1) is 19.0. The number of rotatable bonds is 7. The number of furan rings is 1. The van der Waals surface area contributed by atoms with Crippen LogP contribution in [0.2, 0.25) is 0 Å². The molecular formula is C22H20N2O4S. The number of nitrogens with zero attached hydrogens (tertiary/aromatic N) is 1. The van der Waals surface area contributed by atoms with Crippen LogP contribution in [0.15, 0.2) is 91.7 Å². The molecule has 0 saturated heterocycles. The molecule has 0 aliphatic carbocycles.